The summed E-state index contributed by atoms with van der Waals surface area (Å²) in [5, 5.41) is 10.1. The molecule has 0 fully saturated rings. The van der Waals surface area contributed by atoms with Crippen LogP contribution in [0, 0.1) is 5.92 Å². The van der Waals surface area contributed by atoms with Gasteiger partial charge < -0.3 is 9.84 Å². The fraction of sp³-hybridized carbons (Fsp3) is 0.538. The molecule has 2 atom stereocenters. The summed E-state index contributed by atoms with van der Waals surface area (Å²) in [5.41, 5.74) is 2.47. The fourth-order valence-electron chi connectivity index (χ4n) is 2.06. The summed E-state index contributed by atoms with van der Waals surface area (Å²) >= 11 is 0. The van der Waals surface area contributed by atoms with Gasteiger partial charge in [-0.15, -0.1) is 0 Å². The van der Waals surface area contributed by atoms with Crippen molar-refractivity contribution in [3.05, 3.63) is 35.4 Å². The number of hydrogen-bond acceptors (Lipinski definition) is 2. The van der Waals surface area contributed by atoms with E-state index in [4.69, 9.17) is 4.74 Å². The molecule has 0 saturated heterocycles. The van der Waals surface area contributed by atoms with E-state index in [1.165, 1.54) is 5.56 Å². The second-order valence-electron chi connectivity index (χ2n) is 4.47. The van der Waals surface area contributed by atoms with Crippen LogP contribution in [0.5, 0.6) is 0 Å². The lowest BCUT2D eigenvalue weighted by atomic mass is 9.90. The highest BCUT2D eigenvalue weighted by atomic mass is 16.5. The molecule has 0 amide bonds. The Hall–Kier alpha value is -0.860. The highest BCUT2D eigenvalue weighted by molar-refractivity contribution is 5.31. The van der Waals surface area contributed by atoms with E-state index in [0.717, 1.165) is 12.0 Å². The summed E-state index contributed by atoms with van der Waals surface area (Å²) in [7, 11) is 0. The van der Waals surface area contributed by atoms with Crippen molar-refractivity contribution in [3.8, 4) is 0 Å². The minimum absolute atomic E-state index is 0.144. The topological polar surface area (TPSA) is 29.5 Å². The lowest BCUT2D eigenvalue weighted by Crippen LogP contribution is -2.30. The molecule has 0 spiro atoms. The number of ether oxygens (including phenoxy) is 1. The Labute approximate surface area is 90.9 Å². The van der Waals surface area contributed by atoms with E-state index < -0.39 is 6.10 Å². The molecule has 2 heteroatoms. The fourth-order valence-corrected chi connectivity index (χ4v) is 2.06. The van der Waals surface area contributed by atoms with Crippen LogP contribution in [-0.4, -0.2) is 17.8 Å². The van der Waals surface area contributed by atoms with Crippen molar-refractivity contribution in [2.24, 2.45) is 5.92 Å². The molecular weight excluding hydrogens is 188 g/mol. The van der Waals surface area contributed by atoms with Gasteiger partial charge in [-0.3, -0.25) is 0 Å². The largest absolute Gasteiger partial charge is 0.390 e. The van der Waals surface area contributed by atoms with Gasteiger partial charge in [0.05, 0.1) is 12.7 Å². The molecule has 2 nitrogen and oxygen atoms in total. The second-order valence-corrected chi connectivity index (χ2v) is 4.47. The van der Waals surface area contributed by atoms with E-state index in [-0.39, 0.29) is 12.0 Å². The maximum absolute atomic E-state index is 10.1. The number of aliphatic hydroxyl groups is 1. The maximum Gasteiger partial charge on any atom is 0.109 e. The van der Waals surface area contributed by atoms with Crippen LogP contribution in [0.2, 0.25) is 0 Å². The molecule has 1 N–H and O–H groups in total. The minimum Gasteiger partial charge on any atom is -0.390 e. The zero-order chi connectivity index (χ0) is 10.8. The van der Waals surface area contributed by atoms with Gasteiger partial charge in [-0.2, -0.15) is 0 Å². The molecule has 1 aromatic rings. The van der Waals surface area contributed by atoms with E-state index in [2.05, 4.69) is 12.1 Å². The van der Waals surface area contributed by atoms with Gasteiger partial charge in [-0.1, -0.05) is 38.1 Å². The molecule has 1 aromatic carbocycles. The summed E-state index contributed by atoms with van der Waals surface area (Å²) in [4.78, 5) is 0. The van der Waals surface area contributed by atoms with Crippen LogP contribution in [-0.2, 0) is 11.2 Å². The number of benzene rings is 1. The first-order chi connectivity index (χ1) is 7.20. The van der Waals surface area contributed by atoms with Gasteiger partial charge in [0, 0.05) is 0 Å². The molecule has 0 aliphatic carbocycles. The Balaban J connectivity index is 2.29. The van der Waals surface area contributed by atoms with Crippen molar-refractivity contribution < 1.29 is 9.84 Å². The van der Waals surface area contributed by atoms with Crippen molar-refractivity contribution in [1.82, 2.24) is 0 Å². The number of fused-ring (bicyclic) bond motifs is 1. The average Bonchev–Trinajstić information content (AvgIpc) is 2.27. The first kappa shape index (κ1) is 10.7. The molecular formula is C13H18O2. The Bertz CT molecular complexity index is 333. The van der Waals surface area contributed by atoms with E-state index in [0.29, 0.717) is 6.61 Å². The molecule has 1 heterocycles. The zero-order valence-corrected chi connectivity index (χ0v) is 9.31. The Morgan fingerprint density at radius 2 is 2.07 bits per heavy atom. The monoisotopic (exact) mass is 206 g/mol. The summed E-state index contributed by atoms with van der Waals surface area (Å²) < 4.78 is 5.68. The van der Waals surface area contributed by atoms with Crippen molar-refractivity contribution in [3.63, 3.8) is 0 Å². The van der Waals surface area contributed by atoms with Crippen molar-refractivity contribution in [2.75, 3.05) is 6.61 Å². The Morgan fingerprint density at radius 1 is 1.33 bits per heavy atom. The van der Waals surface area contributed by atoms with Crippen molar-refractivity contribution in [2.45, 2.75) is 32.5 Å². The van der Waals surface area contributed by atoms with E-state index in [1.807, 2.05) is 26.0 Å². The van der Waals surface area contributed by atoms with Crippen molar-refractivity contribution in [1.29, 1.82) is 0 Å². The molecule has 0 radical (unpaired) electrons. The third kappa shape index (κ3) is 2.06. The van der Waals surface area contributed by atoms with Crippen LogP contribution in [0.3, 0.4) is 0 Å². The first-order valence-corrected chi connectivity index (χ1v) is 5.57. The van der Waals surface area contributed by atoms with Gasteiger partial charge in [0.1, 0.15) is 6.10 Å². The highest BCUT2D eigenvalue weighted by Gasteiger charge is 2.28. The van der Waals surface area contributed by atoms with Gasteiger partial charge in [-0.25, -0.2) is 0 Å². The predicted molar refractivity (Wildman–Crippen MR) is 59.7 cm³/mol. The normalized spacial score (nSPS) is 22.5. The highest BCUT2D eigenvalue weighted by Crippen LogP contribution is 2.31. The van der Waals surface area contributed by atoms with Gasteiger partial charge in [0.2, 0.25) is 0 Å². The molecule has 2 rings (SSSR count). The lowest BCUT2D eigenvalue weighted by Gasteiger charge is -2.31. The molecule has 82 valence electrons. The number of hydrogen-bond donors (Lipinski definition) is 1. The van der Waals surface area contributed by atoms with Crippen LogP contribution >= 0.6 is 0 Å². The summed E-state index contributed by atoms with van der Waals surface area (Å²) in [6.45, 7) is 4.75. The lowest BCUT2D eigenvalue weighted by molar-refractivity contribution is -0.0647. The molecule has 2 unspecified atom stereocenters. The summed E-state index contributed by atoms with van der Waals surface area (Å²) in [6, 6.07) is 8.24. The van der Waals surface area contributed by atoms with Crippen LogP contribution < -0.4 is 0 Å². The minimum atomic E-state index is -0.411. The van der Waals surface area contributed by atoms with Crippen LogP contribution in [0.1, 0.15) is 31.1 Å². The quantitative estimate of drug-likeness (QED) is 0.804. The molecule has 15 heavy (non-hydrogen) atoms. The zero-order valence-electron chi connectivity index (χ0n) is 9.31. The van der Waals surface area contributed by atoms with Crippen LogP contribution in [0.15, 0.2) is 24.3 Å². The third-order valence-electron chi connectivity index (χ3n) is 3.02. The van der Waals surface area contributed by atoms with Gasteiger partial charge in [-0.05, 0) is 23.5 Å². The number of rotatable bonds is 2. The summed E-state index contributed by atoms with van der Waals surface area (Å²) in [5.74, 6) is 0.223. The molecule has 0 saturated carbocycles. The molecule has 0 aromatic heterocycles. The molecule has 1 aliphatic rings. The van der Waals surface area contributed by atoms with E-state index in [1.54, 1.807) is 0 Å². The molecule has 0 bridgehead atoms. The summed E-state index contributed by atoms with van der Waals surface area (Å²) in [6.07, 6.45) is 0.402. The Kier molecular flexibility index (Phi) is 3.08. The van der Waals surface area contributed by atoms with Crippen LogP contribution in [0.4, 0.5) is 0 Å². The van der Waals surface area contributed by atoms with Crippen LogP contribution in [0.25, 0.3) is 0 Å². The first-order valence-electron chi connectivity index (χ1n) is 5.57. The van der Waals surface area contributed by atoms with E-state index >= 15 is 0 Å². The standard InChI is InChI=1S/C13H18O2/c1-9(2)12(14)13-11-6-4-3-5-10(11)7-8-15-13/h3-6,9,12-14H,7-8H2,1-2H3. The maximum atomic E-state index is 10.1. The average molecular weight is 206 g/mol. The predicted octanol–water partition coefficient (Wildman–Crippen LogP) is 2.32. The molecule has 1 aliphatic heterocycles. The number of aliphatic hydroxyl groups excluding tert-OH is 1. The van der Waals surface area contributed by atoms with Gasteiger partial charge in [0.25, 0.3) is 0 Å². The third-order valence-corrected chi connectivity index (χ3v) is 3.02. The smallest absolute Gasteiger partial charge is 0.109 e. The van der Waals surface area contributed by atoms with Gasteiger partial charge >= 0.3 is 0 Å². The Morgan fingerprint density at radius 3 is 2.80 bits per heavy atom. The van der Waals surface area contributed by atoms with E-state index in [9.17, 15) is 5.11 Å². The van der Waals surface area contributed by atoms with Crippen molar-refractivity contribution >= 4 is 0 Å². The second kappa shape index (κ2) is 4.33. The SMILES string of the molecule is CC(C)C(O)C1OCCc2ccccc21. The van der Waals surface area contributed by atoms with Gasteiger partial charge in [0.15, 0.2) is 0 Å².